The van der Waals surface area contributed by atoms with Crippen LogP contribution in [0.15, 0.2) is 42.7 Å². The third kappa shape index (κ3) is 3.53. The maximum Gasteiger partial charge on any atom is 0.264 e. The quantitative estimate of drug-likeness (QED) is 0.346. The summed E-state index contributed by atoms with van der Waals surface area (Å²) in [6.07, 6.45) is 4.38. The number of amides is 2. The van der Waals surface area contributed by atoms with Crippen LogP contribution in [0.3, 0.4) is 0 Å². The van der Waals surface area contributed by atoms with Gasteiger partial charge in [0.15, 0.2) is 0 Å². The molecule has 2 N–H and O–H groups in total. The second-order valence-corrected chi connectivity index (χ2v) is 9.67. The van der Waals surface area contributed by atoms with Gasteiger partial charge in [-0.1, -0.05) is 18.2 Å². The van der Waals surface area contributed by atoms with Crippen LogP contribution >= 0.6 is 0 Å². The molecule has 1 aliphatic heterocycles. The van der Waals surface area contributed by atoms with Crippen molar-refractivity contribution in [2.75, 3.05) is 6.26 Å². The third-order valence-electron chi connectivity index (χ3n) is 5.69. The molecule has 168 valence electrons. The first-order valence-corrected chi connectivity index (χ1v) is 12.0. The molecular weight excluding hydrogens is 444 g/mol. The van der Waals surface area contributed by atoms with Crippen molar-refractivity contribution in [2.45, 2.75) is 20.5 Å². The summed E-state index contributed by atoms with van der Waals surface area (Å²) in [6.45, 7) is 3.57. The fraction of sp³-hybridized carbons (Fsp3) is 0.174. The lowest BCUT2D eigenvalue weighted by Crippen LogP contribution is -2.22. The van der Waals surface area contributed by atoms with Crippen LogP contribution in [-0.2, 0) is 30.5 Å². The van der Waals surface area contributed by atoms with E-state index in [1.807, 2.05) is 25.1 Å². The summed E-state index contributed by atoms with van der Waals surface area (Å²) < 4.78 is 29.3. The summed E-state index contributed by atoms with van der Waals surface area (Å²) in [5.74, 6) is -0.986. The number of carbonyl (C=O) groups is 2. The minimum atomic E-state index is -3.62. The Morgan fingerprint density at radius 2 is 1.85 bits per heavy atom. The molecule has 5 rings (SSSR count). The normalized spacial score (nSPS) is 14.6. The minimum absolute atomic E-state index is 0.155. The SMILES string of the molecule is Cc1nn2ccc(COS(C)(=O)=O)cc2c1C1=C(c2c[nH]c3c(C)cccc23)C(=O)NC1=O. The van der Waals surface area contributed by atoms with Crippen LogP contribution in [0.2, 0.25) is 0 Å². The van der Waals surface area contributed by atoms with Gasteiger partial charge in [-0.3, -0.25) is 19.1 Å². The number of aromatic amines is 1. The van der Waals surface area contributed by atoms with Crippen molar-refractivity contribution >= 4 is 49.5 Å². The first kappa shape index (κ1) is 21.1. The molecule has 0 saturated heterocycles. The Morgan fingerprint density at radius 3 is 2.61 bits per heavy atom. The number of hydrogen-bond acceptors (Lipinski definition) is 6. The van der Waals surface area contributed by atoms with Crippen molar-refractivity contribution in [2.24, 2.45) is 0 Å². The molecule has 0 bridgehead atoms. The average molecular weight is 465 g/mol. The number of rotatable bonds is 5. The summed E-state index contributed by atoms with van der Waals surface area (Å²) >= 11 is 0. The van der Waals surface area contributed by atoms with Gasteiger partial charge in [0, 0.05) is 34.4 Å². The Kier molecular flexibility index (Phi) is 4.73. The van der Waals surface area contributed by atoms with E-state index in [9.17, 15) is 18.0 Å². The number of benzene rings is 1. The molecule has 0 spiro atoms. The first-order chi connectivity index (χ1) is 15.6. The van der Waals surface area contributed by atoms with Crippen molar-refractivity contribution in [3.63, 3.8) is 0 Å². The van der Waals surface area contributed by atoms with Gasteiger partial charge in [0.05, 0.1) is 35.2 Å². The van der Waals surface area contributed by atoms with Crippen molar-refractivity contribution in [3.05, 3.63) is 70.7 Å². The van der Waals surface area contributed by atoms with Crippen LogP contribution in [0.5, 0.6) is 0 Å². The number of para-hydroxylation sites is 1. The number of imide groups is 1. The third-order valence-corrected chi connectivity index (χ3v) is 6.23. The number of hydrogen-bond donors (Lipinski definition) is 2. The van der Waals surface area contributed by atoms with E-state index in [0.29, 0.717) is 27.9 Å². The number of pyridine rings is 1. The Bertz CT molecular complexity index is 1630. The summed E-state index contributed by atoms with van der Waals surface area (Å²) in [7, 11) is -3.62. The molecule has 0 saturated carbocycles. The first-order valence-electron chi connectivity index (χ1n) is 10.1. The summed E-state index contributed by atoms with van der Waals surface area (Å²) in [5.41, 5.74) is 5.27. The zero-order valence-electron chi connectivity index (χ0n) is 18.1. The van der Waals surface area contributed by atoms with Crippen LogP contribution in [-0.4, -0.2) is 41.1 Å². The molecule has 33 heavy (non-hydrogen) atoms. The lowest BCUT2D eigenvalue weighted by atomic mass is 9.94. The highest BCUT2D eigenvalue weighted by Crippen LogP contribution is 2.38. The molecule has 1 aliphatic rings. The van der Waals surface area contributed by atoms with Gasteiger partial charge in [-0.15, -0.1) is 0 Å². The fourth-order valence-electron chi connectivity index (χ4n) is 4.24. The van der Waals surface area contributed by atoms with Gasteiger partial charge in [-0.2, -0.15) is 13.5 Å². The van der Waals surface area contributed by atoms with Crippen LogP contribution in [0.25, 0.3) is 27.6 Å². The second-order valence-electron chi connectivity index (χ2n) is 8.02. The van der Waals surface area contributed by atoms with Crippen LogP contribution in [0, 0.1) is 13.8 Å². The highest BCUT2D eigenvalue weighted by Gasteiger charge is 2.36. The number of aryl methyl sites for hydroxylation is 2. The fourth-order valence-corrected chi connectivity index (χ4v) is 4.59. The van der Waals surface area contributed by atoms with Crippen molar-refractivity contribution < 1.29 is 22.2 Å². The number of nitrogens with zero attached hydrogens (tertiary/aromatic N) is 2. The maximum absolute atomic E-state index is 13.0. The molecule has 2 amide bonds. The van der Waals surface area contributed by atoms with E-state index in [1.54, 1.807) is 36.0 Å². The molecule has 4 heterocycles. The summed E-state index contributed by atoms with van der Waals surface area (Å²) in [6, 6.07) is 9.16. The number of aromatic nitrogens is 3. The van der Waals surface area contributed by atoms with E-state index < -0.39 is 21.9 Å². The summed E-state index contributed by atoms with van der Waals surface area (Å²) in [5, 5.41) is 7.74. The standard InChI is InChI=1S/C23H20N4O5S/c1-12-5-4-6-15-16(10-24-21(12)15)19-20(23(29)25-22(19)28)18-13(2)26-27-8-7-14(9-17(18)27)11-32-33(3,30)31/h4-10,24H,11H2,1-3H3,(H,25,28,29). The van der Waals surface area contributed by atoms with Crippen LogP contribution < -0.4 is 5.32 Å². The Labute approximate surface area is 189 Å². The predicted molar refractivity (Wildman–Crippen MR) is 123 cm³/mol. The van der Waals surface area contributed by atoms with Crippen molar-refractivity contribution in [3.8, 4) is 0 Å². The number of nitrogens with one attached hydrogen (secondary N) is 2. The van der Waals surface area contributed by atoms with Gasteiger partial charge in [-0.25, -0.2) is 4.52 Å². The molecule has 0 fully saturated rings. The van der Waals surface area contributed by atoms with Crippen molar-refractivity contribution in [1.82, 2.24) is 19.9 Å². The molecular formula is C23H20N4O5S. The van der Waals surface area contributed by atoms with E-state index in [0.717, 1.165) is 22.7 Å². The Morgan fingerprint density at radius 1 is 1.09 bits per heavy atom. The highest BCUT2D eigenvalue weighted by molar-refractivity contribution is 7.85. The molecule has 1 aromatic carbocycles. The zero-order valence-corrected chi connectivity index (χ0v) is 18.9. The van der Waals surface area contributed by atoms with E-state index >= 15 is 0 Å². The monoisotopic (exact) mass is 464 g/mol. The van der Waals surface area contributed by atoms with E-state index in [-0.39, 0.29) is 17.8 Å². The molecule has 9 nitrogen and oxygen atoms in total. The number of fused-ring (bicyclic) bond motifs is 2. The lowest BCUT2D eigenvalue weighted by Gasteiger charge is -2.06. The maximum atomic E-state index is 13.0. The Balaban J connectivity index is 1.75. The molecule has 0 radical (unpaired) electrons. The van der Waals surface area contributed by atoms with E-state index in [4.69, 9.17) is 4.18 Å². The number of H-pyrrole nitrogens is 1. The molecule has 10 heteroatoms. The lowest BCUT2D eigenvalue weighted by molar-refractivity contribution is -0.122. The van der Waals surface area contributed by atoms with Crippen LogP contribution in [0.4, 0.5) is 0 Å². The van der Waals surface area contributed by atoms with Gasteiger partial charge in [0.1, 0.15) is 0 Å². The van der Waals surface area contributed by atoms with Gasteiger partial charge in [0.2, 0.25) is 0 Å². The molecule has 0 unspecified atom stereocenters. The molecule has 3 aromatic heterocycles. The second kappa shape index (κ2) is 7.39. The van der Waals surface area contributed by atoms with Gasteiger partial charge in [0.25, 0.3) is 21.9 Å². The van der Waals surface area contributed by atoms with Gasteiger partial charge in [-0.05, 0) is 37.1 Å². The van der Waals surface area contributed by atoms with Gasteiger partial charge >= 0.3 is 0 Å². The smallest absolute Gasteiger partial charge is 0.264 e. The van der Waals surface area contributed by atoms with Crippen LogP contribution in [0.1, 0.15) is 27.9 Å². The largest absolute Gasteiger partial charge is 0.360 e. The zero-order chi connectivity index (χ0) is 23.5. The minimum Gasteiger partial charge on any atom is -0.360 e. The van der Waals surface area contributed by atoms with Gasteiger partial charge < -0.3 is 4.98 Å². The summed E-state index contributed by atoms with van der Waals surface area (Å²) in [4.78, 5) is 29.1. The molecule has 4 aromatic rings. The van der Waals surface area contributed by atoms with Crippen molar-refractivity contribution in [1.29, 1.82) is 0 Å². The van der Waals surface area contributed by atoms with E-state index in [1.165, 1.54) is 0 Å². The average Bonchev–Trinajstić information content (AvgIpc) is 3.38. The molecule has 0 atom stereocenters. The number of carbonyl (C=O) groups excluding carboxylic acids is 2. The predicted octanol–water partition coefficient (Wildman–Crippen LogP) is 2.48. The highest BCUT2D eigenvalue weighted by atomic mass is 32.2. The topological polar surface area (TPSA) is 123 Å². The molecule has 0 aliphatic carbocycles. The van der Waals surface area contributed by atoms with E-state index in [2.05, 4.69) is 15.4 Å². The Hall–Kier alpha value is -3.76.